The van der Waals surface area contributed by atoms with Gasteiger partial charge in [0.25, 0.3) is 0 Å². The number of nitrogens with two attached hydrogens (primary N) is 1. The normalized spacial score (nSPS) is 25.0. The Hall–Kier alpha value is -1.88. The second-order valence-electron chi connectivity index (χ2n) is 5.21. The second-order valence-corrected chi connectivity index (χ2v) is 5.21. The molecule has 1 saturated carbocycles. The molecule has 1 aromatic carbocycles. The number of benzene rings is 1. The number of amides is 1. The lowest BCUT2D eigenvalue weighted by molar-refractivity contribution is -0.119. The van der Waals surface area contributed by atoms with Gasteiger partial charge in [-0.15, -0.1) is 0 Å². The summed E-state index contributed by atoms with van der Waals surface area (Å²) in [5, 5.41) is 2.85. The van der Waals surface area contributed by atoms with Crippen molar-refractivity contribution < 1.29 is 14.3 Å². The molecule has 3 N–H and O–H groups in total. The van der Waals surface area contributed by atoms with Crippen molar-refractivity contribution in [2.45, 2.75) is 31.9 Å². The average Bonchev–Trinajstić information content (AvgIpc) is 2.97. The Morgan fingerprint density at radius 2 is 2.21 bits per heavy atom. The number of hydrogen-bond donors (Lipinski definition) is 2. The van der Waals surface area contributed by atoms with E-state index in [0.29, 0.717) is 17.9 Å². The van der Waals surface area contributed by atoms with E-state index in [1.807, 2.05) is 6.07 Å². The van der Waals surface area contributed by atoms with Crippen molar-refractivity contribution >= 4 is 17.6 Å². The van der Waals surface area contributed by atoms with Crippen LogP contribution in [0.25, 0.3) is 0 Å². The van der Waals surface area contributed by atoms with Gasteiger partial charge in [0.1, 0.15) is 6.61 Å². The van der Waals surface area contributed by atoms with Crippen molar-refractivity contribution in [3.8, 4) is 0 Å². The zero-order valence-corrected chi connectivity index (χ0v) is 10.5. The van der Waals surface area contributed by atoms with Gasteiger partial charge in [-0.25, -0.2) is 4.79 Å². The number of esters is 1. The van der Waals surface area contributed by atoms with Gasteiger partial charge in [0, 0.05) is 23.2 Å². The standard InChI is InChI=1S/C14H16N2O3/c15-10-3-1-8(5-10)13(17)16-11-4-2-9-7-19-14(18)12(9)6-11/h2,4,6,8,10H,1,3,5,7,15H2,(H,16,17)/t8-,10+/m0/s1. The van der Waals surface area contributed by atoms with Gasteiger partial charge in [0.2, 0.25) is 5.91 Å². The largest absolute Gasteiger partial charge is 0.457 e. The van der Waals surface area contributed by atoms with E-state index < -0.39 is 0 Å². The molecular weight excluding hydrogens is 244 g/mol. The van der Waals surface area contributed by atoms with Crippen molar-refractivity contribution in [3.63, 3.8) is 0 Å². The molecule has 0 spiro atoms. The van der Waals surface area contributed by atoms with Gasteiger partial charge >= 0.3 is 5.97 Å². The lowest BCUT2D eigenvalue weighted by Crippen LogP contribution is -2.23. The molecule has 1 heterocycles. The summed E-state index contributed by atoms with van der Waals surface area (Å²) < 4.78 is 4.93. The van der Waals surface area contributed by atoms with Crippen LogP contribution in [-0.2, 0) is 16.1 Å². The zero-order valence-electron chi connectivity index (χ0n) is 10.5. The second kappa shape index (κ2) is 4.66. The molecule has 19 heavy (non-hydrogen) atoms. The van der Waals surface area contributed by atoms with Crippen LogP contribution in [0.2, 0.25) is 0 Å². The molecule has 1 amide bonds. The van der Waals surface area contributed by atoms with Crippen LogP contribution in [0.3, 0.4) is 0 Å². The molecule has 100 valence electrons. The molecule has 1 aliphatic heterocycles. The maximum absolute atomic E-state index is 12.1. The highest BCUT2D eigenvalue weighted by molar-refractivity contribution is 5.97. The summed E-state index contributed by atoms with van der Waals surface area (Å²) >= 11 is 0. The van der Waals surface area contributed by atoms with Crippen LogP contribution in [0.5, 0.6) is 0 Å². The molecular formula is C14H16N2O3. The molecule has 0 aromatic heterocycles. The fourth-order valence-corrected chi connectivity index (χ4v) is 2.69. The Morgan fingerprint density at radius 3 is 2.95 bits per heavy atom. The smallest absolute Gasteiger partial charge is 0.338 e. The number of hydrogen-bond acceptors (Lipinski definition) is 4. The van der Waals surface area contributed by atoms with Crippen LogP contribution in [0, 0.1) is 5.92 Å². The zero-order chi connectivity index (χ0) is 13.4. The minimum Gasteiger partial charge on any atom is -0.457 e. The summed E-state index contributed by atoms with van der Waals surface area (Å²) in [7, 11) is 0. The Bertz CT molecular complexity index is 541. The van der Waals surface area contributed by atoms with E-state index in [9.17, 15) is 9.59 Å². The van der Waals surface area contributed by atoms with Gasteiger partial charge in [0.05, 0.1) is 5.56 Å². The van der Waals surface area contributed by atoms with Crippen LogP contribution in [0.15, 0.2) is 18.2 Å². The number of cyclic esters (lactones) is 1. The number of fused-ring (bicyclic) bond motifs is 1. The summed E-state index contributed by atoms with van der Waals surface area (Å²) in [4.78, 5) is 23.5. The van der Waals surface area contributed by atoms with Gasteiger partial charge < -0.3 is 15.8 Å². The summed E-state index contributed by atoms with van der Waals surface area (Å²) in [6.07, 6.45) is 2.47. The van der Waals surface area contributed by atoms with Gasteiger partial charge in [-0.2, -0.15) is 0 Å². The Balaban J connectivity index is 1.72. The third-order valence-corrected chi connectivity index (χ3v) is 3.80. The fraction of sp³-hybridized carbons (Fsp3) is 0.429. The highest BCUT2D eigenvalue weighted by Gasteiger charge is 2.28. The summed E-state index contributed by atoms with van der Waals surface area (Å²) in [6, 6.07) is 5.42. The van der Waals surface area contributed by atoms with Crippen LogP contribution < -0.4 is 11.1 Å². The summed E-state index contributed by atoms with van der Waals surface area (Å²) in [5.41, 5.74) is 7.86. The van der Waals surface area contributed by atoms with E-state index in [-0.39, 0.29) is 23.8 Å². The molecule has 3 rings (SSSR count). The summed E-state index contributed by atoms with van der Waals surface area (Å²) in [6.45, 7) is 0.319. The first-order chi connectivity index (χ1) is 9.13. The first kappa shape index (κ1) is 12.2. The molecule has 0 bridgehead atoms. The van der Waals surface area contributed by atoms with E-state index >= 15 is 0 Å². The number of carbonyl (C=O) groups is 2. The van der Waals surface area contributed by atoms with Gasteiger partial charge in [-0.3, -0.25) is 4.79 Å². The fourth-order valence-electron chi connectivity index (χ4n) is 2.69. The average molecular weight is 260 g/mol. The minimum absolute atomic E-state index is 0.0146. The predicted molar refractivity (Wildman–Crippen MR) is 69.5 cm³/mol. The molecule has 1 fully saturated rings. The predicted octanol–water partition coefficient (Wildman–Crippen LogP) is 1.42. The van der Waals surface area contributed by atoms with Crippen LogP contribution in [0.1, 0.15) is 35.2 Å². The first-order valence-electron chi connectivity index (χ1n) is 6.50. The van der Waals surface area contributed by atoms with Crippen molar-refractivity contribution in [2.75, 3.05) is 5.32 Å². The van der Waals surface area contributed by atoms with Gasteiger partial charge in [-0.05, 0) is 31.4 Å². The maximum atomic E-state index is 12.1. The van der Waals surface area contributed by atoms with E-state index in [1.54, 1.807) is 12.1 Å². The van der Waals surface area contributed by atoms with Crippen molar-refractivity contribution in [2.24, 2.45) is 11.7 Å². The van der Waals surface area contributed by atoms with E-state index in [1.165, 1.54) is 0 Å². The maximum Gasteiger partial charge on any atom is 0.338 e. The van der Waals surface area contributed by atoms with Crippen molar-refractivity contribution in [1.82, 2.24) is 0 Å². The van der Waals surface area contributed by atoms with Crippen LogP contribution in [-0.4, -0.2) is 17.9 Å². The lowest BCUT2D eigenvalue weighted by atomic mass is 10.1. The Morgan fingerprint density at radius 1 is 1.37 bits per heavy atom. The van der Waals surface area contributed by atoms with E-state index in [4.69, 9.17) is 10.5 Å². The van der Waals surface area contributed by atoms with Crippen LogP contribution in [0.4, 0.5) is 5.69 Å². The highest BCUT2D eigenvalue weighted by Crippen LogP contribution is 2.27. The van der Waals surface area contributed by atoms with Crippen LogP contribution >= 0.6 is 0 Å². The molecule has 0 saturated heterocycles. The molecule has 0 radical (unpaired) electrons. The molecule has 1 aromatic rings. The number of carbonyl (C=O) groups excluding carboxylic acids is 2. The first-order valence-corrected chi connectivity index (χ1v) is 6.50. The monoisotopic (exact) mass is 260 g/mol. The Labute approximate surface area is 111 Å². The number of nitrogens with one attached hydrogen (secondary N) is 1. The van der Waals surface area contributed by atoms with Crippen molar-refractivity contribution in [3.05, 3.63) is 29.3 Å². The molecule has 0 unspecified atom stereocenters. The summed E-state index contributed by atoms with van der Waals surface area (Å²) in [5.74, 6) is -0.358. The third-order valence-electron chi connectivity index (χ3n) is 3.80. The molecule has 2 atom stereocenters. The minimum atomic E-state index is -0.325. The van der Waals surface area contributed by atoms with E-state index in [2.05, 4.69) is 5.32 Å². The number of rotatable bonds is 2. The van der Waals surface area contributed by atoms with Gasteiger partial charge in [-0.1, -0.05) is 6.07 Å². The van der Waals surface area contributed by atoms with Crippen molar-refractivity contribution in [1.29, 1.82) is 0 Å². The highest BCUT2D eigenvalue weighted by atomic mass is 16.5. The van der Waals surface area contributed by atoms with E-state index in [0.717, 1.165) is 24.8 Å². The third kappa shape index (κ3) is 2.33. The number of ether oxygens (including phenoxy) is 1. The Kier molecular flexibility index (Phi) is 2.98. The molecule has 2 aliphatic rings. The van der Waals surface area contributed by atoms with Gasteiger partial charge in [0.15, 0.2) is 0 Å². The lowest BCUT2D eigenvalue weighted by Gasteiger charge is -2.11. The molecule has 5 nitrogen and oxygen atoms in total. The molecule has 5 heteroatoms. The molecule has 1 aliphatic carbocycles. The topological polar surface area (TPSA) is 81.4 Å². The number of anilines is 1. The SMILES string of the molecule is N[C@@H]1CC[C@H](C(=O)Nc2ccc3c(c2)C(=O)OC3)C1. The quantitative estimate of drug-likeness (QED) is 0.788.